The molecule has 0 saturated carbocycles. The predicted molar refractivity (Wildman–Crippen MR) is 48.5 cm³/mol. The van der Waals surface area contributed by atoms with Gasteiger partial charge < -0.3 is 5.73 Å². The average Bonchev–Trinajstić information content (AvgIpc) is 2.12. The third kappa shape index (κ3) is 2.80. The molecule has 1 atom stereocenters. The summed E-state index contributed by atoms with van der Waals surface area (Å²) in [4.78, 5) is 2.49. The number of likely N-dealkylation sites (tertiary alicyclic amines) is 1. The summed E-state index contributed by atoms with van der Waals surface area (Å²) in [6.45, 7) is 8.75. The first kappa shape index (κ1) is 9.01. The molecule has 1 heterocycles. The number of hydrogen-bond acceptors (Lipinski definition) is 2. The van der Waals surface area contributed by atoms with Gasteiger partial charge in [-0.3, -0.25) is 4.90 Å². The quantitative estimate of drug-likeness (QED) is 0.651. The third-order valence-electron chi connectivity index (χ3n) is 2.30. The lowest BCUT2D eigenvalue weighted by Gasteiger charge is -2.29. The van der Waals surface area contributed by atoms with Crippen LogP contribution < -0.4 is 5.73 Å². The van der Waals surface area contributed by atoms with Crippen LogP contribution in [0.1, 0.15) is 33.6 Å². The molecule has 2 N–H and O–H groups in total. The second-order valence-corrected chi connectivity index (χ2v) is 4.45. The Morgan fingerprint density at radius 3 is 2.55 bits per heavy atom. The van der Waals surface area contributed by atoms with Gasteiger partial charge in [0.15, 0.2) is 0 Å². The van der Waals surface area contributed by atoms with Crippen molar-refractivity contribution in [2.75, 3.05) is 13.1 Å². The second-order valence-electron chi connectivity index (χ2n) is 4.45. The summed E-state index contributed by atoms with van der Waals surface area (Å²) in [5.41, 5.74) is 5.91. The van der Waals surface area contributed by atoms with E-state index in [-0.39, 0.29) is 5.54 Å². The van der Waals surface area contributed by atoms with Gasteiger partial charge in [-0.1, -0.05) is 0 Å². The van der Waals surface area contributed by atoms with Crippen LogP contribution in [0.4, 0.5) is 0 Å². The van der Waals surface area contributed by atoms with Crippen LogP contribution in [0.3, 0.4) is 0 Å². The molecule has 66 valence electrons. The third-order valence-corrected chi connectivity index (χ3v) is 2.30. The zero-order chi connectivity index (χ0) is 8.48. The number of rotatable bonds is 2. The van der Waals surface area contributed by atoms with Gasteiger partial charge in [-0.2, -0.15) is 0 Å². The molecular weight excluding hydrogens is 136 g/mol. The van der Waals surface area contributed by atoms with Crippen molar-refractivity contribution in [1.29, 1.82) is 0 Å². The maximum absolute atomic E-state index is 5.94. The van der Waals surface area contributed by atoms with Crippen molar-refractivity contribution in [2.45, 2.75) is 45.2 Å². The molecule has 1 unspecified atom stereocenters. The minimum atomic E-state index is -0.0292. The molecular formula is C9H20N2. The van der Waals surface area contributed by atoms with E-state index in [9.17, 15) is 0 Å². The first-order valence-electron chi connectivity index (χ1n) is 4.52. The van der Waals surface area contributed by atoms with Crippen molar-refractivity contribution in [1.82, 2.24) is 4.90 Å². The van der Waals surface area contributed by atoms with E-state index in [1.807, 2.05) is 0 Å². The fraction of sp³-hybridized carbons (Fsp3) is 1.00. The molecule has 1 aliphatic heterocycles. The number of nitrogens with zero attached hydrogens (tertiary/aromatic N) is 1. The van der Waals surface area contributed by atoms with Gasteiger partial charge in [-0.25, -0.2) is 0 Å². The molecule has 0 spiro atoms. The van der Waals surface area contributed by atoms with E-state index in [2.05, 4.69) is 25.7 Å². The van der Waals surface area contributed by atoms with Gasteiger partial charge in [0.05, 0.1) is 0 Å². The molecule has 0 aromatic rings. The Labute approximate surface area is 69.8 Å². The molecule has 0 bridgehead atoms. The normalized spacial score (nSPS) is 27.8. The lowest BCUT2D eigenvalue weighted by Crippen LogP contribution is -2.46. The van der Waals surface area contributed by atoms with Crippen molar-refractivity contribution in [3.8, 4) is 0 Å². The van der Waals surface area contributed by atoms with E-state index in [1.54, 1.807) is 0 Å². The fourth-order valence-electron chi connectivity index (χ4n) is 1.75. The summed E-state index contributed by atoms with van der Waals surface area (Å²) in [7, 11) is 0. The molecule has 1 rings (SSSR count). The van der Waals surface area contributed by atoms with Crippen LogP contribution in [0.25, 0.3) is 0 Å². The van der Waals surface area contributed by atoms with Crippen molar-refractivity contribution in [3.05, 3.63) is 0 Å². The Kier molecular flexibility index (Phi) is 2.55. The summed E-state index contributed by atoms with van der Waals surface area (Å²) in [6, 6.07) is 0.748. The molecule has 0 aliphatic carbocycles. The smallest absolute Gasteiger partial charge is 0.0226 e. The first-order chi connectivity index (χ1) is 4.99. The van der Waals surface area contributed by atoms with Crippen molar-refractivity contribution in [2.24, 2.45) is 5.73 Å². The predicted octanol–water partition coefficient (Wildman–Crippen LogP) is 1.21. The van der Waals surface area contributed by atoms with Crippen molar-refractivity contribution < 1.29 is 0 Å². The molecule has 1 fully saturated rings. The maximum Gasteiger partial charge on any atom is 0.0226 e. The van der Waals surface area contributed by atoms with Gasteiger partial charge in [-0.15, -0.1) is 0 Å². The van der Waals surface area contributed by atoms with Crippen LogP contribution in [-0.4, -0.2) is 29.6 Å². The standard InChI is InChI=1S/C9H20N2/c1-8-5-4-6-11(8)7-9(2,3)10/h8H,4-7,10H2,1-3H3. The molecule has 1 saturated heterocycles. The van der Waals surface area contributed by atoms with E-state index in [4.69, 9.17) is 5.73 Å². The first-order valence-corrected chi connectivity index (χ1v) is 4.52. The average molecular weight is 156 g/mol. The highest BCUT2D eigenvalue weighted by molar-refractivity contribution is 4.83. The van der Waals surface area contributed by atoms with Gasteiger partial charge in [-0.05, 0) is 40.2 Å². The number of hydrogen-bond donors (Lipinski definition) is 1. The Hall–Kier alpha value is -0.0800. The minimum Gasteiger partial charge on any atom is -0.324 e. The Bertz CT molecular complexity index is 126. The highest BCUT2D eigenvalue weighted by Gasteiger charge is 2.24. The molecule has 0 radical (unpaired) electrons. The van der Waals surface area contributed by atoms with Crippen LogP contribution in [-0.2, 0) is 0 Å². The lowest BCUT2D eigenvalue weighted by molar-refractivity contribution is 0.220. The zero-order valence-electron chi connectivity index (χ0n) is 7.93. The zero-order valence-corrected chi connectivity index (χ0v) is 7.93. The van der Waals surface area contributed by atoms with E-state index in [0.29, 0.717) is 0 Å². The fourth-order valence-corrected chi connectivity index (χ4v) is 1.75. The summed E-state index contributed by atoms with van der Waals surface area (Å²) >= 11 is 0. The van der Waals surface area contributed by atoms with E-state index in [0.717, 1.165) is 12.6 Å². The topological polar surface area (TPSA) is 29.3 Å². The Morgan fingerprint density at radius 2 is 2.18 bits per heavy atom. The van der Waals surface area contributed by atoms with Gasteiger partial charge in [0.25, 0.3) is 0 Å². The van der Waals surface area contributed by atoms with Crippen molar-refractivity contribution >= 4 is 0 Å². The molecule has 0 amide bonds. The van der Waals surface area contributed by atoms with Crippen LogP contribution in [0, 0.1) is 0 Å². The molecule has 2 nitrogen and oxygen atoms in total. The van der Waals surface area contributed by atoms with Crippen LogP contribution in [0.2, 0.25) is 0 Å². The summed E-state index contributed by atoms with van der Waals surface area (Å²) in [5, 5.41) is 0. The highest BCUT2D eigenvalue weighted by Crippen LogP contribution is 2.17. The van der Waals surface area contributed by atoms with Crippen LogP contribution in [0.5, 0.6) is 0 Å². The van der Waals surface area contributed by atoms with Gasteiger partial charge in [0.2, 0.25) is 0 Å². The molecule has 0 aromatic heterocycles. The summed E-state index contributed by atoms with van der Waals surface area (Å²) in [5.74, 6) is 0. The van der Waals surface area contributed by atoms with E-state index < -0.39 is 0 Å². The molecule has 2 heteroatoms. The Balaban J connectivity index is 2.37. The van der Waals surface area contributed by atoms with Crippen LogP contribution in [0.15, 0.2) is 0 Å². The lowest BCUT2D eigenvalue weighted by atomic mass is 10.1. The van der Waals surface area contributed by atoms with Crippen LogP contribution >= 0.6 is 0 Å². The largest absolute Gasteiger partial charge is 0.324 e. The number of nitrogens with two attached hydrogens (primary N) is 1. The van der Waals surface area contributed by atoms with E-state index >= 15 is 0 Å². The van der Waals surface area contributed by atoms with Gasteiger partial charge in [0.1, 0.15) is 0 Å². The summed E-state index contributed by atoms with van der Waals surface area (Å²) in [6.07, 6.45) is 2.69. The molecule has 11 heavy (non-hydrogen) atoms. The second kappa shape index (κ2) is 3.11. The minimum absolute atomic E-state index is 0.0292. The molecule has 0 aromatic carbocycles. The molecule has 1 aliphatic rings. The highest BCUT2D eigenvalue weighted by atomic mass is 15.2. The van der Waals surface area contributed by atoms with Crippen molar-refractivity contribution in [3.63, 3.8) is 0 Å². The van der Waals surface area contributed by atoms with Gasteiger partial charge in [0, 0.05) is 18.1 Å². The van der Waals surface area contributed by atoms with Gasteiger partial charge >= 0.3 is 0 Å². The SMILES string of the molecule is CC1CCCN1CC(C)(C)N. The maximum atomic E-state index is 5.94. The monoisotopic (exact) mass is 156 g/mol. The summed E-state index contributed by atoms with van der Waals surface area (Å²) < 4.78 is 0. The van der Waals surface area contributed by atoms with E-state index in [1.165, 1.54) is 19.4 Å². The Morgan fingerprint density at radius 1 is 1.55 bits per heavy atom.